The Hall–Kier alpha value is -2.29. The van der Waals surface area contributed by atoms with Crippen molar-refractivity contribution in [3.05, 3.63) is 30.1 Å². The molecule has 2 heterocycles. The van der Waals surface area contributed by atoms with Gasteiger partial charge in [-0.15, -0.1) is 0 Å². The summed E-state index contributed by atoms with van der Waals surface area (Å²) >= 11 is 0. The second kappa shape index (κ2) is 7.69. The zero-order valence-electron chi connectivity index (χ0n) is 17.8. The van der Waals surface area contributed by atoms with Crippen molar-refractivity contribution in [2.45, 2.75) is 57.9 Å². The van der Waals surface area contributed by atoms with Gasteiger partial charge in [0.05, 0.1) is 29.5 Å². The van der Waals surface area contributed by atoms with Crippen molar-refractivity contribution in [2.24, 2.45) is 11.3 Å². The molecule has 0 radical (unpaired) electrons. The zero-order valence-corrected chi connectivity index (χ0v) is 17.8. The molecule has 1 spiro atoms. The number of amides is 1. The molecule has 2 atom stereocenters. The predicted molar refractivity (Wildman–Crippen MR) is 108 cm³/mol. The minimum atomic E-state index is -4.40. The third-order valence-electron chi connectivity index (χ3n) is 6.40. The molecule has 2 aromatic rings. The molecule has 0 bridgehead atoms. The summed E-state index contributed by atoms with van der Waals surface area (Å²) < 4.78 is 47.0. The van der Waals surface area contributed by atoms with Crippen LogP contribution >= 0.6 is 0 Å². The van der Waals surface area contributed by atoms with Gasteiger partial charge >= 0.3 is 12.3 Å². The fraction of sp³-hybridized carbons (Fsp3) is 0.636. The van der Waals surface area contributed by atoms with Crippen LogP contribution in [0, 0.1) is 11.3 Å². The lowest BCUT2D eigenvalue weighted by Crippen LogP contribution is -2.42. The maximum absolute atomic E-state index is 13.1. The highest BCUT2D eigenvalue weighted by Crippen LogP contribution is 2.41. The van der Waals surface area contributed by atoms with Crippen molar-refractivity contribution < 1.29 is 27.8 Å². The quantitative estimate of drug-likeness (QED) is 0.747. The second-order valence-electron chi connectivity index (χ2n) is 9.79. The van der Waals surface area contributed by atoms with Crippen LogP contribution in [0.15, 0.2) is 24.5 Å². The molecule has 1 aromatic heterocycles. The van der Waals surface area contributed by atoms with E-state index < -0.39 is 22.8 Å². The number of hydrogen-bond acceptors (Lipinski definition) is 4. The molecule has 1 amide bonds. The first-order chi connectivity index (χ1) is 14.5. The molecule has 9 heteroatoms. The summed E-state index contributed by atoms with van der Waals surface area (Å²) in [6.07, 6.45) is 0.0624. The Bertz CT molecular complexity index is 972. The average molecular weight is 439 g/mol. The Morgan fingerprint density at radius 2 is 2.10 bits per heavy atom. The van der Waals surface area contributed by atoms with Crippen LogP contribution in [-0.2, 0) is 17.5 Å². The van der Waals surface area contributed by atoms with E-state index in [0.29, 0.717) is 37.1 Å². The van der Waals surface area contributed by atoms with Crippen molar-refractivity contribution >= 4 is 17.1 Å². The summed E-state index contributed by atoms with van der Waals surface area (Å²) in [5.41, 5.74) is -0.676. The van der Waals surface area contributed by atoms with Crippen LogP contribution in [0.5, 0.6) is 0 Å². The van der Waals surface area contributed by atoms with E-state index in [1.165, 1.54) is 6.07 Å². The van der Waals surface area contributed by atoms with Crippen LogP contribution < -0.4 is 0 Å². The van der Waals surface area contributed by atoms with E-state index in [9.17, 15) is 23.1 Å². The van der Waals surface area contributed by atoms with Gasteiger partial charge in [0, 0.05) is 25.1 Å². The molecule has 170 valence electrons. The normalized spacial score (nSPS) is 24.9. The molecule has 1 aliphatic carbocycles. The number of aliphatic hydroxyl groups is 1. The number of carbonyl (C=O) groups is 1. The molecular formula is C22H28F3N3O3. The minimum absolute atomic E-state index is 0.0278. The van der Waals surface area contributed by atoms with Crippen molar-refractivity contribution in [1.29, 1.82) is 0 Å². The summed E-state index contributed by atoms with van der Waals surface area (Å²) in [5, 5.41) is 9.53. The van der Waals surface area contributed by atoms with Crippen molar-refractivity contribution in [1.82, 2.24) is 14.5 Å². The number of imidazole rings is 1. The van der Waals surface area contributed by atoms with Gasteiger partial charge in [-0.2, -0.15) is 13.2 Å². The lowest BCUT2D eigenvalue weighted by atomic mass is 9.77. The maximum Gasteiger partial charge on any atom is 0.416 e. The van der Waals surface area contributed by atoms with Gasteiger partial charge in [0.25, 0.3) is 0 Å². The SMILES string of the molecule is CC(C)(CO)CN1CC2(CCCC(Cn3cnc4ccc(C(F)(F)F)cc43)C2)OC1=O. The van der Waals surface area contributed by atoms with Crippen LogP contribution in [0.25, 0.3) is 11.0 Å². The largest absolute Gasteiger partial charge is 0.441 e. The van der Waals surface area contributed by atoms with E-state index in [1.807, 2.05) is 13.8 Å². The van der Waals surface area contributed by atoms with Crippen molar-refractivity contribution in [2.75, 3.05) is 19.7 Å². The molecule has 6 nitrogen and oxygen atoms in total. The maximum atomic E-state index is 13.1. The van der Waals surface area contributed by atoms with Gasteiger partial charge in [-0.1, -0.05) is 13.8 Å². The van der Waals surface area contributed by atoms with E-state index >= 15 is 0 Å². The molecule has 1 saturated carbocycles. The van der Waals surface area contributed by atoms with Gasteiger partial charge in [0.15, 0.2) is 0 Å². The van der Waals surface area contributed by atoms with Crippen LogP contribution in [0.1, 0.15) is 45.1 Å². The molecule has 2 aliphatic rings. The minimum Gasteiger partial charge on any atom is -0.441 e. The number of ether oxygens (including phenoxy) is 1. The molecular weight excluding hydrogens is 411 g/mol. The summed E-state index contributed by atoms with van der Waals surface area (Å²) in [6, 6.07) is 3.60. The van der Waals surface area contributed by atoms with Crippen molar-refractivity contribution in [3.63, 3.8) is 0 Å². The number of rotatable bonds is 5. The highest BCUT2D eigenvalue weighted by molar-refractivity contribution is 5.76. The topological polar surface area (TPSA) is 67.6 Å². The molecule has 2 unspecified atom stereocenters. The summed E-state index contributed by atoms with van der Waals surface area (Å²) in [5.74, 6) is 0.166. The van der Waals surface area contributed by atoms with Crippen LogP contribution in [0.2, 0.25) is 0 Å². The fourth-order valence-corrected chi connectivity index (χ4v) is 4.87. The zero-order chi connectivity index (χ0) is 22.4. The van der Waals surface area contributed by atoms with E-state index in [2.05, 4.69) is 4.98 Å². The number of aliphatic hydroxyl groups excluding tert-OH is 1. The van der Waals surface area contributed by atoms with Gasteiger partial charge in [0.2, 0.25) is 0 Å². The first-order valence-corrected chi connectivity index (χ1v) is 10.6. The lowest BCUT2D eigenvalue weighted by Gasteiger charge is -2.36. The molecule has 1 aliphatic heterocycles. The Morgan fingerprint density at radius 1 is 1.32 bits per heavy atom. The van der Waals surface area contributed by atoms with E-state index in [4.69, 9.17) is 4.74 Å². The number of fused-ring (bicyclic) bond motifs is 1. The van der Waals surface area contributed by atoms with Gasteiger partial charge < -0.3 is 19.3 Å². The summed E-state index contributed by atoms with van der Waals surface area (Å²) in [4.78, 5) is 18.4. The van der Waals surface area contributed by atoms with Crippen LogP contribution in [-0.4, -0.2) is 50.9 Å². The van der Waals surface area contributed by atoms with E-state index in [-0.39, 0.29) is 18.6 Å². The third kappa shape index (κ3) is 4.51. The van der Waals surface area contributed by atoms with E-state index in [1.54, 1.807) is 15.8 Å². The fourth-order valence-electron chi connectivity index (χ4n) is 4.87. The highest BCUT2D eigenvalue weighted by Gasteiger charge is 2.48. The monoisotopic (exact) mass is 439 g/mol. The summed E-state index contributed by atoms with van der Waals surface area (Å²) in [6.45, 7) is 5.19. The predicted octanol–water partition coefficient (Wildman–Crippen LogP) is 4.45. The first kappa shape index (κ1) is 21.9. The average Bonchev–Trinajstić information content (AvgIpc) is 3.21. The number of hydrogen-bond donors (Lipinski definition) is 1. The Labute approximate surface area is 179 Å². The molecule has 1 N–H and O–H groups in total. The lowest BCUT2D eigenvalue weighted by molar-refractivity contribution is -0.137. The molecule has 1 aromatic carbocycles. The Kier molecular flexibility index (Phi) is 5.44. The molecule has 1 saturated heterocycles. The van der Waals surface area contributed by atoms with Gasteiger partial charge in [-0.05, 0) is 49.8 Å². The third-order valence-corrected chi connectivity index (χ3v) is 6.40. The van der Waals surface area contributed by atoms with Gasteiger partial charge in [0.1, 0.15) is 5.60 Å². The Morgan fingerprint density at radius 3 is 2.81 bits per heavy atom. The standard InChI is InChI=1S/C22H28F3N3O3/c1-20(2,13-29)11-28-12-21(31-19(28)30)7-3-4-15(9-21)10-27-14-26-17-6-5-16(8-18(17)27)22(23,24)25/h5-6,8,14-15,29H,3-4,7,9-13H2,1-2H3. The smallest absolute Gasteiger partial charge is 0.416 e. The molecule has 31 heavy (non-hydrogen) atoms. The highest BCUT2D eigenvalue weighted by atomic mass is 19.4. The van der Waals surface area contributed by atoms with Crippen LogP contribution in [0.3, 0.4) is 0 Å². The number of carbonyl (C=O) groups excluding carboxylic acids is 1. The van der Waals surface area contributed by atoms with Gasteiger partial charge in [-0.3, -0.25) is 0 Å². The van der Waals surface area contributed by atoms with Crippen molar-refractivity contribution in [3.8, 4) is 0 Å². The second-order valence-corrected chi connectivity index (χ2v) is 9.79. The van der Waals surface area contributed by atoms with E-state index in [0.717, 1.165) is 31.4 Å². The Balaban J connectivity index is 1.49. The number of alkyl halides is 3. The molecule has 4 rings (SSSR count). The molecule has 2 fully saturated rings. The number of aromatic nitrogens is 2. The first-order valence-electron chi connectivity index (χ1n) is 10.6. The van der Waals surface area contributed by atoms with Gasteiger partial charge in [-0.25, -0.2) is 9.78 Å². The summed E-state index contributed by atoms with van der Waals surface area (Å²) in [7, 11) is 0. The number of nitrogens with zero attached hydrogens (tertiary/aromatic N) is 3. The number of benzene rings is 1. The number of halogens is 3. The van der Waals surface area contributed by atoms with Crippen LogP contribution in [0.4, 0.5) is 18.0 Å².